The molecule has 1 aromatic heterocycles. The van der Waals surface area contributed by atoms with Crippen LogP contribution in [0.2, 0.25) is 0 Å². The quantitative estimate of drug-likeness (QED) is 0.860. The summed E-state index contributed by atoms with van der Waals surface area (Å²) in [5.41, 5.74) is 0.170. The predicted molar refractivity (Wildman–Crippen MR) is 67.0 cm³/mol. The van der Waals surface area contributed by atoms with Gasteiger partial charge in [0.15, 0.2) is 5.75 Å². The van der Waals surface area contributed by atoms with Gasteiger partial charge in [0, 0.05) is 12.7 Å². The van der Waals surface area contributed by atoms with Gasteiger partial charge in [0.25, 0.3) is 0 Å². The highest BCUT2D eigenvalue weighted by Gasteiger charge is 2.12. The normalized spacial score (nSPS) is 16.4. The summed E-state index contributed by atoms with van der Waals surface area (Å²) in [6.07, 6.45) is 6.71. The summed E-state index contributed by atoms with van der Waals surface area (Å²) < 4.78 is 5.52. The summed E-state index contributed by atoms with van der Waals surface area (Å²) in [5.74, 6) is -0.632. The number of aromatic carboxylic acids is 1. The van der Waals surface area contributed by atoms with Gasteiger partial charge in [-0.15, -0.1) is 0 Å². The molecule has 1 fully saturated rings. The fourth-order valence-corrected chi connectivity index (χ4v) is 2.14. The number of carboxylic acid groups (broad SMARTS) is 1. The van der Waals surface area contributed by atoms with Crippen molar-refractivity contribution in [2.24, 2.45) is 0 Å². The average molecular weight is 250 g/mol. The number of carbonyl (C=O) groups is 1. The van der Waals surface area contributed by atoms with E-state index in [1.807, 2.05) is 0 Å². The number of carboxylic acids is 1. The van der Waals surface area contributed by atoms with Crippen molar-refractivity contribution < 1.29 is 14.6 Å². The number of hydrogen-bond donors (Lipinski definition) is 1. The summed E-state index contributed by atoms with van der Waals surface area (Å²) >= 11 is 0. The Kier molecular flexibility index (Phi) is 4.52. The second-order valence-electron chi connectivity index (χ2n) is 4.43. The van der Waals surface area contributed by atoms with Crippen LogP contribution in [-0.2, 0) is 0 Å². The zero-order chi connectivity index (χ0) is 12.8. The van der Waals surface area contributed by atoms with Gasteiger partial charge in [0.05, 0.1) is 6.20 Å². The van der Waals surface area contributed by atoms with Crippen molar-refractivity contribution in [3.63, 3.8) is 0 Å². The molecule has 1 N–H and O–H groups in total. The van der Waals surface area contributed by atoms with Gasteiger partial charge in [0.1, 0.15) is 12.2 Å². The SMILES string of the molecule is O=C(O)c1ccncc1OCCN1CCCCC1. The van der Waals surface area contributed by atoms with E-state index in [0.29, 0.717) is 12.4 Å². The second-order valence-corrected chi connectivity index (χ2v) is 4.43. The maximum atomic E-state index is 11.0. The van der Waals surface area contributed by atoms with Crippen LogP contribution in [0.1, 0.15) is 29.6 Å². The van der Waals surface area contributed by atoms with E-state index in [2.05, 4.69) is 9.88 Å². The number of pyridine rings is 1. The van der Waals surface area contributed by atoms with Crippen LogP contribution in [0.15, 0.2) is 18.5 Å². The molecule has 1 aromatic rings. The molecule has 0 saturated carbocycles. The van der Waals surface area contributed by atoms with E-state index in [1.54, 1.807) is 0 Å². The summed E-state index contributed by atoms with van der Waals surface area (Å²) in [6, 6.07) is 1.46. The van der Waals surface area contributed by atoms with E-state index in [0.717, 1.165) is 19.6 Å². The van der Waals surface area contributed by atoms with Gasteiger partial charge in [-0.05, 0) is 32.0 Å². The molecule has 1 aliphatic heterocycles. The predicted octanol–water partition coefficient (Wildman–Crippen LogP) is 1.64. The zero-order valence-corrected chi connectivity index (χ0v) is 10.3. The maximum Gasteiger partial charge on any atom is 0.339 e. The third-order valence-electron chi connectivity index (χ3n) is 3.13. The van der Waals surface area contributed by atoms with Crippen molar-refractivity contribution in [3.8, 4) is 5.75 Å². The number of aromatic nitrogens is 1. The first-order valence-corrected chi connectivity index (χ1v) is 6.30. The Morgan fingerprint density at radius 2 is 2.17 bits per heavy atom. The number of ether oxygens (including phenoxy) is 1. The summed E-state index contributed by atoms with van der Waals surface area (Å²) in [7, 11) is 0. The molecule has 0 spiro atoms. The Hall–Kier alpha value is -1.62. The molecule has 2 rings (SSSR count). The van der Waals surface area contributed by atoms with Crippen LogP contribution < -0.4 is 4.74 Å². The smallest absolute Gasteiger partial charge is 0.339 e. The van der Waals surface area contributed by atoms with Crippen molar-refractivity contribution in [2.45, 2.75) is 19.3 Å². The molecule has 1 aliphatic rings. The molecule has 2 heterocycles. The molecule has 98 valence electrons. The lowest BCUT2D eigenvalue weighted by molar-refractivity contribution is 0.0691. The van der Waals surface area contributed by atoms with Gasteiger partial charge in [-0.3, -0.25) is 9.88 Å². The maximum absolute atomic E-state index is 11.0. The first-order valence-electron chi connectivity index (χ1n) is 6.30. The van der Waals surface area contributed by atoms with E-state index in [9.17, 15) is 4.79 Å². The van der Waals surface area contributed by atoms with Gasteiger partial charge in [-0.2, -0.15) is 0 Å². The minimum Gasteiger partial charge on any atom is -0.490 e. The summed E-state index contributed by atoms with van der Waals surface area (Å²) in [5, 5.41) is 9.00. The summed E-state index contributed by atoms with van der Waals surface area (Å²) in [4.78, 5) is 17.2. The first-order chi connectivity index (χ1) is 8.77. The molecular weight excluding hydrogens is 232 g/mol. The number of piperidine rings is 1. The van der Waals surface area contributed by atoms with Crippen molar-refractivity contribution in [3.05, 3.63) is 24.0 Å². The minimum absolute atomic E-state index is 0.170. The highest BCUT2D eigenvalue weighted by atomic mass is 16.5. The molecule has 0 radical (unpaired) electrons. The van der Waals surface area contributed by atoms with Gasteiger partial charge in [-0.25, -0.2) is 4.79 Å². The van der Waals surface area contributed by atoms with Crippen molar-refractivity contribution >= 4 is 5.97 Å². The number of hydrogen-bond acceptors (Lipinski definition) is 4. The average Bonchev–Trinajstić information content (AvgIpc) is 2.40. The number of nitrogens with zero attached hydrogens (tertiary/aromatic N) is 2. The van der Waals surface area contributed by atoms with Gasteiger partial charge < -0.3 is 9.84 Å². The largest absolute Gasteiger partial charge is 0.490 e. The topological polar surface area (TPSA) is 62.7 Å². The molecule has 0 unspecified atom stereocenters. The fourth-order valence-electron chi connectivity index (χ4n) is 2.14. The molecule has 5 nitrogen and oxygen atoms in total. The van der Waals surface area contributed by atoms with E-state index in [-0.39, 0.29) is 5.56 Å². The minimum atomic E-state index is -0.981. The Balaban J connectivity index is 1.84. The Bertz CT molecular complexity index is 403. The number of likely N-dealkylation sites (tertiary alicyclic amines) is 1. The summed E-state index contributed by atoms with van der Waals surface area (Å²) in [6.45, 7) is 3.57. The van der Waals surface area contributed by atoms with Gasteiger partial charge in [0.2, 0.25) is 0 Å². The molecule has 5 heteroatoms. The van der Waals surface area contributed by atoms with E-state index in [1.165, 1.54) is 37.7 Å². The lowest BCUT2D eigenvalue weighted by Gasteiger charge is -2.26. The molecular formula is C13H18N2O3. The lowest BCUT2D eigenvalue weighted by Crippen LogP contribution is -2.33. The molecule has 0 aromatic carbocycles. The van der Waals surface area contributed by atoms with E-state index in [4.69, 9.17) is 9.84 Å². The number of rotatable bonds is 5. The molecule has 18 heavy (non-hydrogen) atoms. The molecule has 0 aliphatic carbocycles. The molecule has 0 amide bonds. The van der Waals surface area contributed by atoms with Gasteiger partial charge >= 0.3 is 5.97 Å². The van der Waals surface area contributed by atoms with E-state index < -0.39 is 5.97 Å². The lowest BCUT2D eigenvalue weighted by atomic mass is 10.1. The Morgan fingerprint density at radius 1 is 1.39 bits per heavy atom. The van der Waals surface area contributed by atoms with Crippen LogP contribution in [0.5, 0.6) is 5.75 Å². The van der Waals surface area contributed by atoms with Crippen LogP contribution in [0.3, 0.4) is 0 Å². The molecule has 1 saturated heterocycles. The van der Waals surface area contributed by atoms with E-state index >= 15 is 0 Å². The van der Waals surface area contributed by atoms with Crippen LogP contribution in [0.4, 0.5) is 0 Å². The van der Waals surface area contributed by atoms with Crippen LogP contribution >= 0.6 is 0 Å². The first kappa shape index (κ1) is 12.8. The monoisotopic (exact) mass is 250 g/mol. The van der Waals surface area contributed by atoms with Crippen LogP contribution in [0, 0.1) is 0 Å². The Morgan fingerprint density at radius 3 is 2.89 bits per heavy atom. The third-order valence-corrected chi connectivity index (χ3v) is 3.13. The zero-order valence-electron chi connectivity index (χ0n) is 10.3. The standard InChI is InChI=1S/C13H18N2O3/c16-13(17)11-4-5-14-10-12(11)18-9-8-15-6-2-1-3-7-15/h4-5,10H,1-3,6-9H2,(H,16,17). The van der Waals surface area contributed by atoms with Crippen molar-refractivity contribution in [1.82, 2.24) is 9.88 Å². The Labute approximate surface area is 106 Å². The van der Waals surface area contributed by atoms with Crippen molar-refractivity contribution in [1.29, 1.82) is 0 Å². The highest BCUT2D eigenvalue weighted by Crippen LogP contribution is 2.16. The highest BCUT2D eigenvalue weighted by molar-refractivity contribution is 5.90. The molecule has 0 bridgehead atoms. The van der Waals surface area contributed by atoms with Crippen LogP contribution in [0.25, 0.3) is 0 Å². The fraction of sp³-hybridized carbons (Fsp3) is 0.538. The third kappa shape index (κ3) is 3.43. The van der Waals surface area contributed by atoms with Crippen LogP contribution in [-0.4, -0.2) is 47.2 Å². The van der Waals surface area contributed by atoms with Crippen molar-refractivity contribution in [2.75, 3.05) is 26.2 Å². The van der Waals surface area contributed by atoms with Gasteiger partial charge in [-0.1, -0.05) is 6.42 Å². The molecule has 0 atom stereocenters. The second kappa shape index (κ2) is 6.35.